The Morgan fingerprint density at radius 2 is 1.56 bits per heavy atom. The quantitative estimate of drug-likeness (QED) is 0.0449. The molecule has 57 heavy (non-hydrogen) atoms. The van der Waals surface area contributed by atoms with Crippen LogP contribution in [-0.2, 0) is 21.2 Å². The van der Waals surface area contributed by atoms with Crippen LogP contribution in [0.3, 0.4) is 0 Å². The van der Waals surface area contributed by atoms with Gasteiger partial charge in [0.25, 0.3) is 11.6 Å². The third-order valence-corrected chi connectivity index (χ3v) is 13.2. The molecule has 1 fully saturated rings. The Kier molecular flexibility index (Phi) is 14.0. The zero-order valence-electron chi connectivity index (χ0n) is 32.3. The van der Waals surface area contributed by atoms with Crippen LogP contribution in [0.2, 0.25) is 5.02 Å². The van der Waals surface area contributed by atoms with Gasteiger partial charge in [0.2, 0.25) is 0 Å². The summed E-state index contributed by atoms with van der Waals surface area (Å²) in [5.41, 5.74) is 4.51. The van der Waals surface area contributed by atoms with Crippen molar-refractivity contribution in [2.75, 3.05) is 69.8 Å². The lowest BCUT2D eigenvalue weighted by molar-refractivity contribution is -0.384. The molecule has 1 saturated heterocycles. The molecule has 0 radical (unpaired) electrons. The van der Waals surface area contributed by atoms with Gasteiger partial charge < -0.3 is 19.7 Å². The van der Waals surface area contributed by atoms with E-state index in [1.54, 1.807) is 23.9 Å². The zero-order valence-corrected chi connectivity index (χ0v) is 34.6. The summed E-state index contributed by atoms with van der Waals surface area (Å²) in [6.45, 7) is 4.84. The number of carbonyl (C=O) groups is 1. The minimum Gasteiger partial charge on any atom is -0.588 e. The van der Waals surface area contributed by atoms with Crippen molar-refractivity contribution in [1.29, 1.82) is 0 Å². The molecule has 298 valence electrons. The summed E-state index contributed by atoms with van der Waals surface area (Å²) in [4.78, 5) is 32.6. The fourth-order valence-corrected chi connectivity index (χ4v) is 8.99. The van der Waals surface area contributed by atoms with Gasteiger partial charge >= 0.3 is 0 Å². The maximum Gasteiger partial charge on any atom is 0.297 e. The number of nitro benzene ring substituents is 1. The Balaban J connectivity index is 1.08. The van der Waals surface area contributed by atoms with Crippen molar-refractivity contribution in [3.8, 4) is 11.1 Å². The van der Waals surface area contributed by atoms with Crippen LogP contribution in [0, 0.1) is 10.1 Å². The van der Waals surface area contributed by atoms with Crippen LogP contribution < -0.4 is 10.2 Å². The second-order valence-electron chi connectivity index (χ2n) is 14.2. The molecule has 11 nitrogen and oxygen atoms in total. The van der Waals surface area contributed by atoms with Crippen LogP contribution in [0.5, 0.6) is 0 Å². The van der Waals surface area contributed by atoms with Gasteiger partial charge in [0, 0.05) is 65.7 Å². The summed E-state index contributed by atoms with van der Waals surface area (Å²) in [5, 5.41) is 16.3. The number of carbonyl (C=O) groups excluding carboxylic acids is 1. The summed E-state index contributed by atoms with van der Waals surface area (Å²) >= 11 is 7.76. The molecule has 5 aromatic carbocycles. The molecule has 0 saturated carbocycles. The molecule has 1 heterocycles. The number of benzene rings is 5. The first-order chi connectivity index (χ1) is 27.4. The number of sulfonamides is 1. The molecule has 14 heteroatoms. The molecule has 0 spiro atoms. The first-order valence-electron chi connectivity index (χ1n) is 18.7. The third-order valence-electron chi connectivity index (χ3n) is 10.0. The summed E-state index contributed by atoms with van der Waals surface area (Å²) in [6.07, 6.45) is 0.705. The van der Waals surface area contributed by atoms with E-state index in [0.29, 0.717) is 21.5 Å². The number of thioether (sulfide) groups is 1. The normalized spacial score (nSPS) is 14.9. The van der Waals surface area contributed by atoms with Crippen molar-refractivity contribution in [1.82, 2.24) is 14.1 Å². The minimum absolute atomic E-state index is 0.141. The van der Waals surface area contributed by atoms with Crippen molar-refractivity contribution in [3.63, 3.8) is 0 Å². The van der Waals surface area contributed by atoms with Gasteiger partial charge in [-0.3, -0.25) is 19.8 Å². The second-order valence-corrected chi connectivity index (χ2v) is 17.7. The van der Waals surface area contributed by atoms with Gasteiger partial charge in [0.05, 0.1) is 18.0 Å². The Labute approximate surface area is 345 Å². The molecule has 1 amide bonds. The van der Waals surface area contributed by atoms with Crippen LogP contribution >= 0.6 is 23.4 Å². The van der Waals surface area contributed by atoms with E-state index in [-0.39, 0.29) is 27.9 Å². The van der Waals surface area contributed by atoms with E-state index in [9.17, 15) is 23.7 Å². The molecule has 5 aromatic rings. The van der Waals surface area contributed by atoms with E-state index in [4.69, 9.17) is 11.6 Å². The number of nitro groups is 1. The molecule has 2 atom stereocenters. The van der Waals surface area contributed by atoms with Crippen molar-refractivity contribution in [2.45, 2.75) is 28.8 Å². The molecule has 0 aromatic heterocycles. The molecular weight excluding hydrogens is 780 g/mol. The lowest BCUT2D eigenvalue weighted by Gasteiger charge is -2.36. The highest BCUT2D eigenvalue weighted by molar-refractivity contribution is 7.99. The van der Waals surface area contributed by atoms with Crippen molar-refractivity contribution in [2.24, 2.45) is 0 Å². The van der Waals surface area contributed by atoms with Crippen molar-refractivity contribution >= 4 is 56.7 Å². The number of nitrogens with zero attached hydrogens (tertiary/aromatic N) is 5. The zero-order chi connectivity index (χ0) is 40.5. The SMILES string of the molecule is CN(C)CC[C@H](CSc1ccccc1)Nc1ccc([S+](=O)([O-])N(C)C(=O)c2ccc(N3CCN(Cc4ccccc4-c4ccc(Cl)cc4)CC3)cc2)cc1[N+](=O)[O-]. The van der Waals surface area contributed by atoms with Crippen LogP contribution in [0.15, 0.2) is 131 Å². The lowest BCUT2D eigenvalue weighted by Crippen LogP contribution is -2.46. The highest BCUT2D eigenvalue weighted by Crippen LogP contribution is 2.33. The highest BCUT2D eigenvalue weighted by atomic mass is 35.5. The Morgan fingerprint density at radius 1 is 0.895 bits per heavy atom. The van der Waals surface area contributed by atoms with Gasteiger partial charge in [-0.25, -0.2) is 0 Å². The Bertz CT molecular complexity index is 2190. The van der Waals surface area contributed by atoms with E-state index in [1.807, 2.05) is 91.8 Å². The smallest absolute Gasteiger partial charge is 0.297 e. The monoisotopic (exact) mass is 826 g/mol. The maximum absolute atomic E-state index is 13.7. The molecule has 6 rings (SSSR count). The Hall–Kier alpha value is -4.76. The Morgan fingerprint density at radius 3 is 2.23 bits per heavy atom. The molecule has 1 aliphatic heterocycles. The van der Waals surface area contributed by atoms with E-state index in [1.165, 1.54) is 30.3 Å². The average molecular weight is 827 g/mol. The van der Waals surface area contributed by atoms with Crippen LogP contribution in [0.25, 0.3) is 11.1 Å². The molecular formula is C43H47ClN6O5S2. The van der Waals surface area contributed by atoms with E-state index < -0.39 is 21.2 Å². The number of anilines is 2. The van der Waals surface area contributed by atoms with E-state index in [2.05, 4.69) is 33.3 Å². The predicted octanol–water partition coefficient (Wildman–Crippen LogP) is 8.44. The predicted molar refractivity (Wildman–Crippen MR) is 231 cm³/mol. The van der Waals surface area contributed by atoms with Crippen molar-refractivity contribution in [3.05, 3.63) is 148 Å². The first kappa shape index (κ1) is 41.9. The minimum atomic E-state index is -4.42. The van der Waals surface area contributed by atoms with Gasteiger partial charge in [-0.05, 0) is 104 Å². The third kappa shape index (κ3) is 10.8. The summed E-state index contributed by atoms with van der Waals surface area (Å²) in [6, 6.07) is 36.7. The first-order valence-corrected chi connectivity index (χ1v) is 21.5. The molecule has 0 bridgehead atoms. The van der Waals surface area contributed by atoms with Crippen LogP contribution in [0.4, 0.5) is 17.1 Å². The molecule has 1 N–H and O–H groups in total. The number of piperazine rings is 1. The molecule has 0 aliphatic carbocycles. The van der Waals surface area contributed by atoms with Gasteiger partial charge in [-0.2, -0.15) is 4.31 Å². The van der Waals surface area contributed by atoms with Gasteiger partial charge in [-0.15, -0.1) is 11.8 Å². The number of hydrogen-bond acceptors (Lipinski definition) is 10. The fourth-order valence-electron chi connectivity index (χ4n) is 6.73. The standard InChI is InChI=1S/C43H47ClN6O5S2/c1-46(2)24-23-36(31-56-38-10-5-4-6-11-38)45-41-22-21-39(29-42(41)50(52)53)57(54,55)47(3)43(51)33-15-19-37(20-16-33)49-27-25-48(26-28-49)30-34-9-7-8-12-40(34)32-13-17-35(44)18-14-32/h4-22,29,36H,23-28,30-31H2,1-3H3,(H-,45,54,55)/t36-/m1/s1. The summed E-state index contributed by atoms with van der Waals surface area (Å²) in [5.74, 6) is -0.0976. The second kappa shape index (κ2) is 19.1. The number of nitrogens with one attached hydrogen (secondary N) is 1. The number of amides is 1. The van der Waals surface area contributed by atoms with Crippen LogP contribution in [-0.4, -0.2) is 95.1 Å². The van der Waals surface area contributed by atoms with Gasteiger partial charge in [0.15, 0.2) is 15.3 Å². The summed E-state index contributed by atoms with van der Waals surface area (Å²) < 4.78 is 28.1. The van der Waals surface area contributed by atoms with Crippen LogP contribution in [0.1, 0.15) is 22.3 Å². The number of halogens is 1. The van der Waals surface area contributed by atoms with Gasteiger partial charge in [0.1, 0.15) is 5.69 Å². The maximum atomic E-state index is 13.7. The lowest BCUT2D eigenvalue weighted by atomic mass is 9.99. The number of rotatable bonds is 16. The fraction of sp³-hybridized carbons (Fsp3) is 0.279. The van der Waals surface area contributed by atoms with Gasteiger partial charge in [-0.1, -0.05) is 70.4 Å². The largest absolute Gasteiger partial charge is 0.588 e. The highest BCUT2D eigenvalue weighted by Gasteiger charge is 2.34. The van der Waals surface area contributed by atoms with E-state index in [0.717, 1.165) is 61.5 Å². The number of hydrogen-bond donors (Lipinski definition) is 1. The van der Waals surface area contributed by atoms with Crippen molar-refractivity contribution < 1.29 is 18.5 Å². The topological polar surface area (TPSA) is 125 Å². The molecule has 1 unspecified atom stereocenters. The molecule has 1 aliphatic rings. The average Bonchev–Trinajstić information content (AvgIpc) is 3.22. The summed E-state index contributed by atoms with van der Waals surface area (Å²) in [7, 11) is 0.675. The van der Waals surface area contributed by atoms with E-state index >= 15 is 0 Å².